The Hall–Kier alpha value is -1.60. The molecule has 2 aromatic carbocycles. The molecular formula is C20H25N. The third-order valence-corrected chi connectivity index (χ3v) is 4.72. The number of benzene rings is 2. The van der Waals surface area contributed by atoms with Crippen molar-refractivity contribution >= 4 is 0 Å². The number of hydrogen-bond donors (Lipinski definition) is 1. The predicted octanol–water partition coefficient (Wildman–Crippen LogP) is 4.86. The van der Waals surface area contributed by atoms with Crippen LogP contribution in [-0.4, -0.2) is 0 Å². The molecule has 0 aliphatic heterocycles. The van der Waals surface area contributed by atoms with Crippen LogP contribution in [0.25, 0.3) is 0 Å². The van der Waals surface area contributed by atoms with Gasteiger partial charge in [-0.1, -0.05) is 80.3 Å². The van der Waals surface area contributed by atoms with Gasteiger partial charge in [-0.15, -0.1) is 0 Å². The third kappa shape index (κ3) is 3.95. The summed E-state index contributed by atoms with van der Waals surface area (Å²) >= 11 is 0. The molecule has 1 atom stereocenters. The van der Waals surface area contributed by atoms with E-state index in [2.05, 4.69) is 54.6 Å². The summed E-state index contributed by atoms with van der Waals surface area (Å²) in [5.74, 6) is 0.851. The molecule has 0 aromatic heterocycles. The molecule has 0 bridgehead atoms. The van der Waals surface area contributed by atoms with E-state index in [1.165, 1.54) is 42.4 Å². The minimum absolute atomic E-state index is 0.207. The van der Waals surface area contributed by atoms with Gasteiger partial charge in [0.15, 0.2) is 0 Å². The van der Waals surface area contributed by atoms with Gasteiger partial charge in [0.2, 0.25) is 0 Å². The fourth-order valence-corrected chi connectivity index (χ4v) is 3.46. The van der Waals surface area contributed by atoms with E-state index in [9.17, 15) is 0 Å². The van der Waals surface area contributed by atoms with Crippen molar-refractivity contribution < 1.29 is 0 Å². The Labute approximate surface area is 128 Å². The van der Waals surface area contributed by atoms with Crippen LogP contribution in [0.15, 0.2) is 54.6 Å². The summed E-state index contributed by atoms with van der Waals surface area (Å²) in [6.07, 6.45) is 7.69. The molecule has 0 saturated heterocycles. The molecule has 2 aromatic rings. The third-order valence-electron chi connectivity index (χ3n) is 4.72. The molecule has 1 saturated carbocycles. The highest BCUT2D eigenvalue weighted by Crippen LogP contribution is 2.32. The van der Waals surface area contributed by atoms with Gasteiger partial charge in [-0.05, 0) is 35.4 Å². The van der Waals surface area contributed by atoms with E-state index in [-0.39, 0.29) is 6.04 Å². The fraction of sp³-hybridized carbons (Fsp3) is 0.400. The molecular weight excluding hydrogens is 254 g/mol. The second-order valence-corrected chi connectivity index (χ2v) is 6.40. The van der Waals surface area contributed by atoms with Gasteiger partial charge in [0.1, 0.15) is 0 Å². The lowest BCUT2D eigenvalue weighted by molar-refractivity contribution is 0.451. The van der Waals surface area contributed by atoms with E-state index in [1.54, 1.807) is 0 Å². The molecule has 1 aliphatic rings. The molecule has 1 aliphatic carbocycles. The SMILES string of the molecule is NC(CC1CCCC1)c1ccc(Cc2ccccc2)cc1. The Bertz CT molecular complexity index is 538. The van der Waals surface area contributed by atoms with E-state index in [4.69, 9.17) is 5.73 Å². The Morgan fingerprint density at radius 2 is 1.48 bits per heavy atom. The quantitative estimate of drug-likeness (QED) is 0.831. The zero-order valence-electron chi connectivity index (χ0n) is 12.7. The predicted molar refractivity (Wildman–Crippen MR) is 89.2 cm³/mol. The molecule has 21 heavy (non-hydrogen) atoms. The number of rotatable bonds is 5. The molecule has 1 nitrogen and oxygen atoms in total. The van der Waals surface area contributed by atoms with Crippen LogP contribution in [-0.2, 0) is 6.42 Å². The van der Waals surface area contributed by atoms with Gasteiger partial charge in [0, 0.05) is 6.04 Å². The van der Waals surface area contributed by atoms with E-state index >= 15 is 0 Å². The second-order valence-electron chi connectivity index (χ2n) is 6.40. The van der Waals surface area contributed by atoms with E-state index in [1.807, 2.05) is 0 Å². The maximum atomic E-state index is 6.38. The number of nitrogens with two attached hydrogens (primary N) is 1. The van der Waals surface area contributed by atoms with E-state index in [0.717, 1.165) is 18.8 Å². The summed E-state index contributed by atoms with van der Waals surface area (Å²) in [6, 6.07) is 19.7. The molecule has 1 heteroatoms. The van der Waals surface area contributed by atoms with Gasteiger partial charge < -0.3 is 5.73 Å². The first-order valence-corrected chi connectivity index (χ1v) is 8.19. The van der Waals surface area contributed by atoms with E-state index < -0.39 is 0 Å². The summed E-state index contributed by atoms with van der Waals surface area (Å²) in [5.41, 5.74) is 10.4. The van der Waals surface area contributed by atoms with Crippen molar-refractivity contribution in [1.82, 2.24) is 0 Å². The van der Waals surface area contributed by atoms with Gasteiger partial charge >= 0.3 is 0 Å². The van der Waals surface area contributed by atoms with Crippen molar-refractivity contribution in [3.05, 3.63) is 71.3 Å². The lowest BCUT2D eigenvalue weighted by Crippen LogP contribution is -2.14. The average molecular weight is 279 g/mol. The summed E-state index contributed by atoms with van der Waals surface area (Å²) in [4.78, 5) is 0. The highest BCUT2D eigenvalue weighted by Gasteiger charge is 2.18. The van der Waals surface area contributed by atoms with Crippen molar-refractivity contribution in [2.45, 2.75) is 44.6 Å². The van der Waals surface area contributed by atoms with Crippen molar-refractivity contribution in [2.75, 3.05) is 0 Å². The molecule has 0 amide bonds. The highest BCUT2D eigenvalue weighted by molar-refractivity contribution is 5.29. The number of hydrogen-bond acceptors (Lipinski definition) is 1. The van der Waals surface area contributed by atoms with Gasteiger partial charge in [0.05, 0.1) is 0 Å². The minimum Gasteiger partial charge on any atom is -0.324 e. The standard InChI is InChI=1S/C20H25N/c21-20(15-17-8-4-5-9-17)19-12-10-18(11-13-19)14-16-6-2-1-3-7-16/h1-3,6-7,10-13,17,20H,4-5,8-9,14-15,21H2. The summed E-state index contributed by atoms with van der Waals surface area (Å²) in [7, 11) is 0. The van der Waals surface area contributed by atoms with Crippen LogP contribution in [0.3, 0.4) is 0 Å². The van der Waals surface area contributed by atoms with Crippen LogP contribution in [0.2, 0.25) is 0 Å². The Morgan fingerprint density at radius 3 is 2.14 bits per heavy atom. The van der Waals surface area contributed by atoms with Crippen LogP contribution in [0.4, 0.5) is 0 Å². The maximum Gasteiger partial charge on any atom is 0.0297 e. The fourth-order valence-electron chi connectivity index (χ4n) is 3.46. The average Bonchev–Trinajstić information content (AvgIpc) is 3.02. The van der Waals surface area contributed by atoms with Crippen molar-refractivity contribution in [2.24, 2.45) is 11.7 Å². The van der Waals surface area contributed by atoms with Crippen molar-refractivity contribution in [1.29, 1.82) is 0 Å². The van der Waals surface area contributed by atoms with Crippen molar-refractivity contribution in [3.8, 4) is 0 Å². The van der Waals surface area contributed by atoms with Gasteiger partial charge in [-0.2, -0.15) is 0 Å². The second kappa shape index (κ2) is 6.91. The molecule has 0 radical (unpaired) electrons. The van der Waals surface area contributed by atoms with Gasteiger partial charge in [0.25, 0.3) is 0 Å². The Kier molecular flexibility index (Phi) is 4.72. The van der Waals surface area contributed by atoms with Gasteiger partial charge in [-0.25, -0.2) is 0 Å². The maximum absolute atomic E-state index is 6.38. The lowest BCUT2D eigenvalue weighted by atomic mass is 9.93. The van der Waals surface area contributed by atoms with Crippen LogP contribution >= 0.6 is 0 Å². The van der Waals surface area contributed by atoms with E-state index in [0.29, 0.717) is 0 Å². The Morgan fingerprint density at radius 1 is 0.857 bits per heavy atom. The molecule has 1 fully saturated rings. The van der Waals surface area contributed by atoms with Crippen LogP contribution in [0.1, 0.15) is 54.8 Å². The largest absolute Gasteiger partial charge is 0.324 e. The molecule has 0 spiro atoms. The lowest BCUT2D eigenvalue weighted by Gasteiger charge is -2.17. The summed E-state index contributed by atoms with van der Waals surface area (Å²) in [5, 5.41) is 0. The Balaban J connectivity index is 1.60. The molecule has 0 heterocycles. The van der Waals surface area contributed by atoms with Gasteiger partial charge in [-0.3, -0.25) is 0 Å². The first kappa shape index (κ1) is 14.3. The first-order chi connectivity index (χ1) is 10.3. The normalized spacial score (nSPS) is 17.0. The highest BCUT2D eigenvalue weighted by atomic mass is 14.6. The topological polar surface area (TPSA) is 26.0 Å². The monoisotopic (exact) mass is 279 g/mol. The smallest absolute Gasteiger partial charge is 0.0297 e. The zero-order valence-corrected chi connectivity index (χ0v) is 12.7. The summed E-state index contributed by atoms with van der Waals surface area (Å²) < 4.78 is 0. The van der Waals surface area contributed by atoms with Crippen molar-refractivity contribution in [3.63, 3.8) is 0 Å². The first-order valence-electron chi connectivity index (χ1n) is 8.19. The van der Waals surface area contributed by atoms with Crippen LogP contribution in [0, 0.1) is 5.92 Å². The summed E-state index contributed by atoms with van der Waals surface area (Å²) in [6.45, 7) is 0. The molecule has 3 rings (SSSR count). The minimum atomic E-state index is 0.207. The molecule has 2 N–H and O–H groups in total. The molecule has 110 valence electrons. The zero-order chi connectivity index (χ0) is 14.5. The molecule has 1 unspecified atom stereocenters. The van der Waals surface area contributed by atoms with Crippen LogP contribution < -0.4 is 5.73 Å². The van der Waals surface area contributed by atoms with Crippen LogP contribution in [0.5, 0.6) is 0 Å².